The van der Waals surface area contributed by atoms with Crippen molar-refractivity contribution in [3.05, 3.63) is 156 Å². The highest BCUT2D eigenvalue weighted by atomic mass is 31.1. The summed E-state index contributed by atoms with van der Waals surface area (Å²) in [5.74, 6) is 0.243. The molecule has 0 atom stereocenters. The molecule has 0 saturated carbocycles. The van der Waals surface area contributed by atoms with Crippen LogP contribution in [-0.4, -0.2) is 19.7 Å². The minimum absolute atomic E-state index is 0.204. The molecule has 3 nitrogen and oxygen atoms in total. The SMILES string of the molecule is COC(=O)COc1c(-c2ccccc2)cc2ccccc2c1-c1c(P(c2cc(C)cc(C)c2)c2cc(C)cc(C)c2)ccc2ccccc12. The first kappa shape index (κ1) is 32.3. The van der Waals surface area contributed by atoms with E-state index in [-0.39, 0.29) is 6.61 Å². The van der Waals surface area contributed by atoms with Gasteiger partial charge in [-0.3, -0.25) is 0 Å². The highest BCUT2D eigenvalue weighted by Crippen LogP contribution is 2.49. The largest absolute Gasteiger partial charge is 0.481 e. The molecule has 242 valence electrons. The molecule has 49 heavy (non-hydrogen) atoms. The van der Waals surface area contributed by atoms with Crippen LogP contribution >= 0.6 is 7.92 Å². The molecule has 0 aliphatic heterocycles. The molecule has 0 aliphatic rings. The fourth-order valence-corrected chi connectivity index (χ4v) is 9.91. The quantitative estimate of drug-likeness (QED) is 0.120. The predicted molar refractivity (Wildman–Crippen MR) is 207 cm³/mol. The van der Waals surface area contributed by atoms with E-state index in [1.54, 1.807) is 0 Å². The summed E-state index contributed by atoms with van der Waals surface area (Å²) in [6.07, 6.45) is 0. The number of ether oxygens (including phenoxy) is 2. The number of rotatable bonds is 8. The van der Waals surface area contributed by atoms with Crippen LogP contribution in [0.4, 0.5) is 0 Å². The lowest BCUT2D eigenvalue weighted by Gasteiger charge is -2.27. The lowest BCUT2D eigenvalue weighted by molar-refractivity contribution is -0.142. The van der Waals surface area contributed by atoms with Crippen molar-refractivity contribution in [2.45, 2.75) is 27.7 Å². The third-order valence-corrected chi connectivity index (χ3v) is 11.4. The topological polar surface area (TPSA) is 35.5 Å². The zero-order chi connectivity index (χ0) is 34.1. The van der Waals surface area contributed by atoms with Crippen LogP contribution in [0, 0.1) is 27.7 Å². The standard InChI is InChI=1S/C45H39O3P/c1-29-21-30(2)24-36(23-29)49(37-25-31(3)22-32(4)26-37)41-20-19-34-15-9-11-17-38(34)43(41)44-39-18-12-10-16-35(39)27-40(33-13-7-6-8-14-33)45(44)48-28-42(46)47-5/h6-27H,28H2,1-5H3. The molecular formula is C45H39O3P. The van der Waals surface area contributed by atoms with Crippen molar-refractivity contribution in [3.8, 4) is 28.0 Å². The first-order valence-electron chi connectivity index (χ1n) is 16.6. The van der Waals surface area contributed by atoms with Crippen molar-refractivity contribution in [2.75, 3.05) is 13.7 Å². The number of aryl methyl sites for hydroxylation is 4. The molecule has 7 aromatic carbocycles. The number of hydrogen-bond acceptors (Lipinski definition) is 3. The molecule has 0 aromatic heterocycles. The first-order valence-corrected chi connectivity index (χ1v) is 17.9. The van der Waals surface area contributed by atoms with E-state index in [9.17, 15) is 4.79 Å². The van der Waals surface area contributed by atoms with Gasteiger partial charge < -0.3 is 9.47 Å². The van der Waals surface area contributed by atoms with Gasteiger partial charge in [0.1, 0.15) is 5.75 Å². The number of methoxy groups -OCH3 is 1. The second kappa shape index (κ2) is 13.7. The Morgan fingerprint density at radius 2 is 1.10 bits per heavy atom. The first-order chi connectivity index (χ1) is 23.8. The van der Waals surface area contributed by atoms with Crippen LogP contribution in [0.25, 0.3) is 43.8 Å². The number of esters is 1. The molecular weight excluding hydrogens is 619 g/mol. The molecule has 0 N–H and O–H groups in total. The molecule has 4 heteroatoms. The van der Waals surface area contributed by atoms with Gasteiger partial charge in [0.05, 0.1) is 7.11 Å². The maximum atomic E-state index is 12.7. The molecule has 0 spiro atoms. The molecule has 0 saturated heterocycles. The zero-order valence-electron chi connectivity index (χ0n) is 28.6. The molecule has 0 bridgehead atoms. The predicted octanol–water partition coefficient (Wildman–Crippen LogP) is 9.87. The fraction of sp³-hybridized carbons (Fsp3) is 0.133. The van der Waals surface area contributed by atoms with Crippen LogP contribution in [0.2, 0.25) is 0 Å². The van der Waals surface area contributed by atoms with E-state index < -0.39 is 13.9 Å². The Bertz CT molecular complexity index is 2250. The molecule has 0 fully saturated rings. The molecule has 0 unspecified atom stereocenters. The highest BCUT2D eigenvalue weighted by Gasteiger charge is 2.28. The molecule has 0 radical (unpaired) electrons. The summed E-state index contributed by atoms with van der Waals surface area (Å²) in [4.78, 5) is 12.7. The Morgan fingerprint density at radius 3 is 1.69 bits per heavy atom. The average molecular weight is 659 g/mol. The van der Waals surface area contributed by atoms with E-state index in [2.05, 4.69) is 143 Å². The monoisotopic (exact) mass is 658 g/mol. The van der Waals surface area contributed by atoms with Crippen LogP contribution in [0.15, 0.2) is 133 Å². The van der Waals surface area contributed by atoms with E-state index in [0.717, 1.165) is 43.8 Å². The number of benzene rings is 7. The van der Waals surface area contributed by atoms with Gasteiger partial charge in [-0.2, -0.15) is 0 Å². The number of carbonyl (C=O) groups excluding carboxylic acids is 1. The summed E-state index contributed by atoms with van der Waals surface area (Å²) in [5, 5.41) is 8.29. The van der Waals surface area contributed by atoms with Gasteiger partial charge in [0, 0.05) is 16.7 Å². The second-order valence-electron chi connectivity index (χ2n) is 12.8. The smallest absolute Gasteiger partial charge is 0.343 e. The van der Waals surface area contributed by atoms with Crippen LogP contribution in [0.3, 0.4) is 0 Å². The van der Waals surface area contributed by atoms with Crippen molar-refractivity contribution in [1.29, 1.82) is 0 Å². The van der Waals surface area contributed by atoms with Crippen molar-refractivity contribution >= 4 is 51.3 Å². The molecule has 0 amide bonds. The van der Waals surface area contributed by atoms with E-state index in [0.29, 0.717) is 5.75 Å². The average Bonchev–Trinajstić information content (AvgIpc) is 3.09. The summed E-state index contributed by atoms with van der Waals surface area (Å²) in [6.45, 7) is 8.53. The maximum Gasteiger partial charge on any atom is 0.343 e. The lowest BCUT2D eigenvalue weighted by atomic mass is 9.89. The third-order valence-electron chi connectivity index (χ3n) is 8.98. The van der Waals surface area contributed by atoms with Gasteiger partial charge in [-0.15, -0.1) is 0 Å². The van der Waals surface area contributed by atoms with Gasteiger partial charge in [-0.1, -0.05) is 150 Å². The normalized spacial score (nSPS) is 11.3. The minimum Gasteiger partial charge on any atom is -0.481 e. The zero-order valence-corrected chi connectivity index (χ0v) is 29.5. The van der Waals surface area contributed by atoms with Crippen molar-refractivity contribution < 1.29 is 14.3 Å². The summed E-state index contributed by atoms with van der Waals surface area (Å²) >= 11 is 0. The fourth-order valence-electron chi connectivity index (χ4n) is 7.04. The molecule has 7 aromatic rings. The highest BCUT2D eigenvalue weighted by molar-refractivity contribution is 7.80. The van der Waals surface area contributed by atoms with E-state index in [1.807, 2.05) is 18.2 Å². The second-order valence-corrected chi connectivity index (χ2v) is 15.0. The minimum atomic E-state index is -1.03. The summed E-state index contributed by atoms with van der Waals surface area (Å²) in [5.41, 5.74) is 9.02. The van der Waals surface area contributed by atoms with Crippen molar-refractivity contribution in [1.82, 2.24) is 0 Å². The summed E-state index contributed by atoms with van der Waals surface area (Å²) in [7, 11) is 0.366. The summed E-state index contributed by atoms with van der Waals surface area (Å²) in [6, 6.07) is 48.1. The van der Waals surface area contributed by atoms with Crippen LogP contribution < -0.4 is 20.7 Å². The Kier molecular flexibility index (Phi) is 9.04. The van der Waals surface area contributed by atoms with E-state index >= 15 is 0 Å². The Balaban J connectivity index is 1.66. The van der Waals surface area contributed by atoms with Crippen LogP contribution in [0.5, 0.6) is 5.75 Å². The third kappa shape index (κ3) is 6.47. The van der Waals surface area contributed by atoms with Crippen molar-refractivity contribution in [3.63, 3.8) is 0 Å². The molecule has 7 rings (SSSR count). The molecule has 0 aliphatic carbocycles. The number of fused-ring (bicyclic) bond motifs is 2. The number of carbonyl (C=O) groups is 1. The summed E-state index contributed by atoms with van der Waals surface area (Å²) < 4.78 is 11.7. The van der Waals surface area contributed by atoms with Crippen molar-refractivity contribution in [2.24, 2.45) is 0 Å². The lowest BCUT2D eigenvalue weighted by Crippen LogP contribution is -2.24. The van der Waals surface area contributed by atoms with Gasteiger partial charge in [0.15, 0.2) is 6.61 Å². The Labute approximate surface area is 289 Å². The van der Waals surface area contributed by atoms with Gasteiger partial charge in [-0.05, 0) is 84.7 Å². The van der Waals surface area contributed by atoms with E-state index in [1.165, 1.54) is 45.3 Å². The van der Waals surface area contributed by atoms with Gasteiger partial charge in [-0.25, -0.2) is 4.79 Å². The van der Waals surface area contributed by atoms with Gasteiger partial charge >= 0.3 is 5.97 Å². The Hall–Kier alpha value is -5.24. The number of hydrogen-bond donors (Lipinski definition) is 0. The Morgan fingerprint density at radius 1 is 0.571 bits per heavy atom. The van der Waals surface area contributed by atoms with Gasteiger partial charge in [0.25, 0.3) is 0 Å². The molecule has 0 heterocycles. The van der Waals surface area contributed by atoms with E-state index in [4.69, 9.17) is 9.47 Å². The maximum absolute atomic E-state index is 12.7. The van der Waals surface area contributed by atoms with Gasteiger partial charge in [0.2, 0.25) is 0 Å². The van der Waals surface area contributed by atoms with Crippen LogP contribution in [-0.2, 0) is 9.53 Å². The van der Waals surface area contributed by atoms with Crippen LogP contribution in [0.1, 0.15) is 22.3 Å².